The largest absolute Gasteiger partial charge is 0.504 e. The smallest absolute Gasteiger partial charge is 0.165 e. The summed E-state index contributed by atoms with van der Waals surface area (Å²) >= 11 is 0. The SMILES string of the molecule is CCC1(CC)[C@H]2Cc3ccc(O)c4c3[C@@]1(CCN2CC1CC1)[C@H]([C@H](CC(C)=O)OC)O4. The van der Waals surface area contributed by atoms with E-state index in [1.165, 1.54) is 30.5 Å². The Morgan fingerprint density at radius 3 is 2.68 bits per heavy atom. The summed E-state index contributed by atoms with van der Waals surface area (Å²) in [6, 6.07) is 4.37. The number of carbonyl (C=O) groups excluding carboxylic acids is 1. The monoisotopic (exact) mass is 427 g/mol. The highest BCUT2D eigenvalue weighted by molar-refractivity contribution is 5.76. The Kier molecular flexibility index (Phi) is 5.13. The fraction of sp³-hybridized carbons (Fsp3) is 0.731. The summed E-state index contributed by atoms with van der Waals surface area (Å²) in [4.78, 5) is 14.9. The highest BCUT2D eigenvalue weighted by atomic mass is 16.5. The van der Waals surface area contributed by atoms with Crippen molar-refractivity contribution in [2.75, 3.05) is 20.2 Å². The number of methoxy groups -OCH3 is 1. The molecule has 2 fully saturated rings. The topological polar surface area (TPSA) is 59.0 Å². The van der Waals surface area contributed by atoms with Crippen LogP contribution in [0.1, 0.15) is 70.4 Å². The first-order valence-electron chi connectivity index (χ1n) is 12.2. The molecule has 5 rings (SSSR count). The van der Waals surface area contributed by atoms with Crippen LogP contribution < -0.4 is 4.74 Å². The molecule has 1 aromatic rings. The molecule has 1 saturated carbocycles. The van der Waals surface area contributed by atoms with Crippen LogP contribution in [-0.4, -0.2) is 54.2 Å². The number of phenols is 1. The second-order valence-electron chi connectivity index (χ2n) is 10.4. The van der Waals surface area contributed by atoms with Crippen LogP contribution in [-0.2, 0) is 21.4 Å². The molecule has 2 aliphatic carbocycles. The summed E-state index contributed by atoms with van der Waals surface area (Å²) in [6.45, 7) is 8.54. The number of hydrogen-bond acceptors (Lipinski definition) is 5. The van der Waals surface area contributed by atoms with E-state index in [1.54, 1.807) is 20.1 Å². The van der Waals surface area contributed by atoms with Gasteiger partial charge in [-0.1, -0.05) is 19.9 Å². The van der Waals surface area contributed by atoms with Crippen molar-refractivity contribution < 1.29 is 19.4 Å². The minimum absolute atomic E-state index is 0.0322. The van der Waals surface area contributed by atoms with Crippen molar-refractivity contribution in [2.45, 2.75) is 89.4 Å². The number of ketones is 1. The molecule has 5 heteroatoms. The quantitative estimate of drug-likeness (QED) is 0.673. The van der Waals surface area contributed by atoms with E-state index in [-0.39, 0.29) is 34.6 Å². The molecule has 2 heterocycles. The Labute approximate surface area is 186 Å². The third kappa shape index (κ3) is 2.85. The van der Waals surface area contributed by atoms with E-state index in [4.69, 9.17) is 9.47 Å². The number of aromatic hydroxyl groups is 1. The van der Waals surface area contributed by atoms with Crippen molar-refractivity contribution in [3.8, 4) is 11.5 Å². The average molecular weight is 428 g/mol. The van der Waals surface area contributed by atoms with Crippen LogP contribution in [0.4, 0.5) is 0 Å². The van der Waals surface area contributed by atoms with Crippen LogP contribution in [0.15, 0.2) is 12.1 Å². The zero-order valence-corrected chi connectivity index (χ0v) is 19.4. The summed E-state index contributed by atoms with van der Waals surface area (Å²) in [7, 11) is 1.69. The number of piperidine rings is 1. The number of carbonyl (C=O) groups is 1. The lowest BCUT2D eigenvalue weighted by Gasteiger charge is -2.64. The molecule has 0 aromatic heterocycles. The highest BCUT2D eigenvalue weighted by Crippen LogP contribution is 2.68. The fourth-order valence-corrected chi connectivity index (χ4v) is 7.66. The van der Waals surface area contributed by atoms with Gasteiger partial charge in [0.05, 0.1) is 0 Å². The van der Waals surface area contributed by atoms with E-state index >= 15 is 0 Å². The number of rotatable bonds is 8. The third-order valence-corrected chi connectivity index (χ3v) is 9.15. The van der Waals surface area contributed by atoms with Gasteiger partial charge in [0.25, 0.3) is 0 Å². The zero-order valence-electron chi connectivity index (χ0n) is 19.4. The van der Waals surface area contributed by atoms with Crippen LogP contribution in [0.5, 0.6) is 11.5 Å². The standard InChI is InChI=1S/C26H37NO4/c1-5-25(6-2)21-14-18-9-10-19(29)23-22(18)26(25,11-12-27(21)15-17-7-8-17)24(31-23)20(30-4)13-16(3)28/h9-10,17,20-21,24,29H,5-8,11-15H2,1-4H3/t20-,21+,24-,26-/m0/s1. The molecule has 1 saturated heterocycles. The van der Waals surface area contributed by atoms with E-state index in [0.29, 0.717) is 18.2 Å². The first-order chi connectivity index (χ1) is 14.9. The van der Waals surface area contributed by atoms with Gasteiger partial charge in [0.1, 0.15) is 18.0 Å². The predicted octanol–water partition coefficient (Wildman–Crippen LogP) is 4.23. The molecule has 0 radical (unpaired) electrons. The minimum atomic E-state index is -0.316. The lowest BCUT2D eigenvalue weighted by molar-refractivity contribution is -0.142. The van der Waals surface area contributed by atoms with Gasteiger partial charge in [-0.15, -0.1) is 0 Å². The summed E-state index contributed by atoms with van der Waals surface area (Å²) < 4.78 is 12.6. The lowest BCUT2D eigenvalue weighted by Crippen LogP contribution is -2.71. The number of fused-ring (bicyclic) bond motifs is 1. The van der Waals surface area contributed by atoms with Gasteiger partial charge < -0.3 is 14.6 Å². The molecule has 1 N–H and O–H groups in total. The Balaban J connectivity index is 1.70. The van der Waals surface area contributed by atoms with Crippen molar-refractivity contribution >= 4 is 5.78 Å². The molecule has 1 aromatic carbocycles. The Morgan fingerprint density at radius 2 is 2.06 bits per heavy atom. The maximum atomic E-state index is 12.1. The van der Waals surface area contributed by atoms with E-state index in [9.17, 15) is 9.90 Å². The van der Waals surface area contributed by atoms with Gasteiger partial charge in [0, 0.05) is 37.1 Å². The number of Topliss-reactive ketones (excluding diaryl/α,β-unsaturated/α-hetero) is 1. The number of benzene rings is 1. The van der Waals surface area contributed by atoms with Crippen molar-refractivity contribution in [1.29, 1.82) is 0 Å². The van der Waals surface area contributed by atoms with Crippen LogP contribution in [0, 0.1) is 11.3 Å². The summed E-state index contributed by atoms with van der Waals surface area (Å²) in [6.07, 6.45) is 6.61. The van der Waals surface area contributed by atoms with Gasteiger partial charge in [0.2, 0.25) is 0 Å². The minimum Gasteiger partial charge on any atom is -0.504 e. The first kappa shape index (κ1) is 21.3. The van der Waals surface area contributed by atoms with Crippen molar-refractivity contribution in [3.63, 3.8) is 0 Å². The van der Waals surface area contributed by atoms with E-state index < -0.39 is 0 Å². The van der Waals surface area contributed by atoms with Gasteiger partial charge in [-0.2, -0.15) is 0 Å². The molecule has 4 aliphatic rings. The number of nitrogens with zero attached hydrogens (tertiary/aromatic N) is 1. The molecular weight excluding hydrogens is 390 g/mol. The highest BCUT2D eigenvalue weighted by Gasteiger charge is 2.70. The molecule has 1 spiro atoms. The number of likely N-dealkylation sites (tertiary alicyclic amines) is 1. The molecule has 2 aliphatic heterocycles. The molecule has 170 valence electrons. The van der Waals surface area contributed by atoms with Crippen molar-refractivity contribution in [1.82, 2.24) is 4.90 Å². The fourth-order valence-electron chi connectivity index (χ4n) is 7.66. The molecule has 31 heavy (non-hydrogen) atoms. The summed E-state index contributed by atoms with van der Waals surface area (Å²) in [5.74, 6) is 1.84. The van der Waals surface area contributed by atoms with Gasteiger partial charge >= 0.3 is 0 Å². The third-order valence-electron chi connectivity index (χ3n) is 9.15. The Bertz CT molecular complexity index is 874. The van der Waals surface area contributed by atoms with E-state index in [2.05, 4.69) is 24.8 Å². The number of hydrogen-bond donors (Lipinski definition) is 1. The van der Waals surface area contributed by atoms with Crippen molar-refractivity contribution in [3.05, 3.63) is 23.3 Å². The Morgan fingerprint density at radius 1 is 1.32 bits per heavy atom. The summed E-state index contributed by atoms with van der Waals surface area (Å²) in [5.41, 5.74) is 2.33. The van der Waals surface area contributed by atoms with Crippen LogP contribution in [0.3, 0.4) is 0 Å². The Hall–Kier alpha value is -1.59. The predicted molar refractivity (Wildman–Crippen MR) is 120 cm³/mol. The van der Waals surface area contributed by atoms with E-state index in [1.807, 2.05) is 0 Å². The molecule has 5 nitrogen and oxygen atoms in total. The van der Waals surface area contributed by atoms with Crippen LogP contribution in [0.25, 0.3) is 0 Å². The van der Waals surface area contributed by atoms with Gasteiger partial charge in [-0.3, -0.25) is 9.69 Å². The number of phenolic OH excluding ortho intramolecular Hbond substituents is 1. The maximum Gasteiger partial charge on any atom is 0.165 e. The molecule has 0 amide bonds. The molecule has 0 unspecified atom stereocenters. The average Bonchev–Trinajstić information content (AvgIpc) is 3.50. The second kappa shape index (κ2) is 7.48. The molecule has 4 atom stereocenters. The zero-order chi connectivity index (χ0) is 22.0. The van der Waals surface area contributed by atoms with Gasteiger partial charge in [0.15, 0.2) is 11.5 Å². The lowest BCUT2D eigenvalue weighted by atomic mass is 9.45. The maximum absolute atomic E-state index is 12.1. The molecular formula is C26H37NO4. The molecule has 2 bridgehead atoms. The number of ether oxygens (including phenoxy) is 2. The summed E-state index contributed by atoms with van der Waals surface area (Å²) in [5, 5.41) is 10.8. The second-order valence-corrected chi connectivity index (χ2v) is 10.4. The first-order valence-corrected chi connectivity index (χ1v) is 12.2. The van der Waals surface area contributed by atoms with Crippen LogP contribution in [0.2, 0.25) is 0 Å². The van der Waals surface area contributed by atoms with Gasteiger partial charge in [-0.05, 0) is 75.0 Å². The van der Waals surface area contributed by atoms with Gasteiger partial charge in [-0.25, -0.2) is 0 Å². The van der Waals surface area contributed by atoms with E-state index in [0.717, 1.165) is 38.1 Å². The van der Waals surface area contributed by atoms with Crippen molar-refractivity contribution in [2.24, 2.45) is 11.3 Å². The van der Waals surface area contributed by atoms with Crippen LogP contribution >= 0.6 is 0 Å². The normalized spacial score (nSPS) is 31.7.